The maximum Gasteiger partial charge on any atom is 0.223 e. The monoisotopic (exact) mass is 346 g/mol. The fourth-order valence-electron chi connectivity index (χ4n) is 3.23. The van der Waals surface area contributed by atoms with Gasteiger partial charge in [-0.25, -0.2) is 9.97 Å². The number of carbonyl (C=O) groups is 1. The minimum atomic E-state index is -0.168. The van der Waals surface area contributed by atoms with Crippen molar-refractivity contribution in [2.24, 2.45) is 5.92 Å². The summed E-state index contributed by atoms with van der Waals surface area (Å²) >= 11 is 1.73. The predicted octanol–water partition coefficient (Wildman–Crippen LogP) is 3.44. The molecule has 2 aromatic rings. The molecule has 1 aliphatic heterocycles. The Bertz CT molecular complexity index is 754. The predicted molar refractivity (Wildman–Crippen MR) is 99.7 cm³/mol. The maximum atomic E-state index is 12.4. The number of hydrogen-bond acceptors (Lipinski definition) is 5. The molecular weight excluding hydrogens is 320 g/mol. The normalized spacial score (nSPS) is 16.6. The first kappa shape index (κ1) is 17.1. The zero-order chi connectivity index (χ0) is 17.5. The standard InChI is InChI=1S/C18H26N4OS/c1-11-12(2)24-17-14(11)15(19-10-20-17)22-8-6-13(7-9-22)16(23)21-18(3,4)5/h10,13H,6-9H2,1-5H3,(H,21,23). The van der Waals surface area contributed by atoms with Crippen LogP contribution in [0.3, 0.4) is 0 Å². The molecule has 1 N–H and O–H groups in total. The molecule has 0 saturated carbocycles. The summed E-state index contributed by atoms with van der Waals surface area (Å²) in [5, 5.41) is 4.28. The lowest BCUT2D eigenvalue weighted by molar-refractivity contribution is -0.127. The van der Waals surface area contributed by atoms with Crippen LogP contribution in [0, 0.1) is 19.8 Å². The minimum Gasteiger partial charge on any atom is -0.356 e. The van der Waals surface area contributed by atoms with Gasteiger partial charge < -0.3 is 10.2 Å². The first-order valence-corrected chi connectivity index (χ1v) is 9.35. The number of carbonyl (C=O) groups excluding carboxylic acids is 1. The van der Waals surface area contributed by atoms with Gasteiger partial charge in [0, 0.05) is 29.4 Å². The van der Waals surface area contributed by atoms with Gasteiger partial charge in [0.15, 0.2) is 0 Å². The van der Waals surface area contributed by atoms with Crippen molar-refractivity contribution in [3.05, 3.63) is 16.8 Å². The molecule has 0 aromatic carbocycles. The Hall–Kier alpha value is -1.69. The van der Waals surface area contributed by atoms with E-state index < -0.39 is 0 Å². The van der Waals surface area contributed by atoms with Crippen LogP contribution in [0.25, 0.3) is 10.2 Å². The molecule has 3 rings (SSSR count). The molecular formula is C18H26N4OS. The Morgan fingerprint density at radius 3 is 2.54 bits per heavy atom. The van der Waals surface area contributed by atoms with E-state index in [1.165, 1.54) is 15.8 Å². The van der Waals surface area contributed by atoms with Gasteiger partial charge in [0.05, 0.1) is 5.39 Å². The van der Waals surface area contributed by atoms with Gasteiger partial charge in [0.1, 0.15) is 17.0 Å². The van der Waals surface area contributed by atoms with Gasteiger partial charge in [0.2, 0.25) is 5.91 Å². The van der Waals surface area contributed by atoms with E-state index >= 15 is 0 Å². The Morgan fingerprint density at radius 2 is 1.92 bits per heavy atom. The van der Waals surface area contributed by atoms with Gasteiger partial charge >= 0.3 is 0 Å². The van der Waals surface area contributed by atoms with Gasteiger partial charge in [-0.15, -0.1) is 11.3 Å². The van der Waals surface area contributed by atoms with Crippen LogP contribution in [0.5, 0.6) is 0 Å². The van der Waals surface area contributed by atoms with Crippen LogP contribution in [-0.2, 0) is 4.79 Å². The van der Waals surface area contributed by atoms with Crippen LogP contribution in [0.1, 0.15) is 44.1 Å². The molecule has 3 heterocycles. The Morgan fingerprint density at radius 1 is 1.25 bits per heavy atom. The molecule has 0 spiro atoms. The second-order valence-electron chi connectivity index (χ2n) is 7.66. The highest BCUT2D eigenvalue weighted by molar-refractivity contribution is 7.18. The molecule has 1 amide bonds. The number of nitrogens with zero attached hydrogens (tertiary/aromatic N) is 3. The summed E-state index contributed by atoms with van der Waals surface area (Å²) in [5.41, 5.74) is 1.11. The zero-order valence-electron chi connectivity index (χ0n) is 15.1. The van der Waals surface area contributed by atoms with Crippen molar-refractivity contribution in [2.45, 2.75) is 53.0 Å². The zero-order valence-corrected chi connectivity index (χ0v) is 16.0. The summed E-state index contributed by atoms with van der Waals surface area (Å²) < 4.78 is 0. The number of anilines is 1. The van der Waals surface area contributed by atoms with E-state index in [4.69, 9.17) is 0 Å². The highest BCUT2D eigenvalue weighted by Crippen LogP contribution is 2.35. The van der Waals surface area contributed by atoms with Crippen molar-refractivity contribution in [2.75, 3.05) is 18.0 Å². The maximum absolute atomic E-state index is 12.4. The molecule has 24 heavy (non-hydrogen) atoms. The third kappa shape index (κ3) is 3.38. The van der Waals surface area contributed by atoms with Crippen LogP contribution in [0.15, 0.2) is 6.33 Å². The molecule has 0 bridgehead atoms. The first-order chi connectivity index (χ1) is 11.3. The molecule has 1 fully saturated rings. The van der Waals surface area contributed by atoms with Crippen LogP contribution in [-0.4, -0.2) is 34.5 Å². The minimum absolute atomic E-state index is 0.100. The third-order valence-electron chi connectivity index (χ3n) is 4.61. The molecule has 0 radical (unpaired) electrons. The molecule has 6 heteroatoms. The second kappa shape index (κ2) is 6.31. The number of aromatic nitrogens is 2. The number of nitrogens with one attached hydrogen (secondary N) is 1. The Labute approximate surface area is 147 Å². The third-order valence-corrected chi connectivity index (χ3v) is 5.72. The SMILES string of the molecule is Cc1sc2ncnc(N3CCC(C(=O)NC(C)(C)C)CC3)c2c1C. The lowest BCUT2D eigenvalue weighted by Crippen LogP contribution is -2.47. The molecule has 0 aliphatic carbocycles. The van der Waals surface area contributed by atoms with Gasteiger partial charge in [-0.05, 0) is 53.0 Å². The lowest BCUT2D eigenvalue weighted by Gasteiger charge is -2.34. The number of hydrogen-bond donors (Lipinski definition) is 1. The number of piperidine rings is 1. The number of aryl methyl sites for hydroxylation is 2. The fourth-order valence-corrected chi connectivity index (χ4v) is 4.22. The fraction of sp³-hybridized carbons (Fsp3) is 0.611. The number of rotatable bonds is 2. The van der Waals surface area contributed by atoms with Crippen LogP contribution < -0.4 is 10.2 Å². The van der Waals surface area contributed by atoms with Gasteiger partial charge in [-0.1, -0.05) is 0 Å². The smallest absolute Gasteiger partial charge is 0.223 e. The lowest BCUT2D eigenvalue weighted by atomic mass is 9.94. The van der Waals surface area contributed by atoms with E-state index in [1.807, 2.05) is 20.8 Å². The summed E-state index contributed by atoms with van der Waals surface area (Å²) in [7, 11) is 0. The summed E-state index contributed by atoms with van der Waals surface area (Å²) in [5.74, 6) is 1.30. The summed E-state index contributed by atoms with van der Waals surface area (Å²) in [4.78, 5) is 26.0. The topological polar surface area (TPSA) is 58.1 Å². The summed E-state index contributed by atoms with van der Waals surface area (Å²) in [6, 6.07) is 0. The molecule has 0 atom stereocenters. The van der Waals surface area contributed by atoms with E-state index in [0.29, 0.717) is 0 Å². The molecule has 1 aliphatic rings. The summed E-state index contributed by atoms with van der Waals surface area (Å²) in [6.07, 6.45) is 3.40. The van der Waals surface area contributed by atoms with Gasteiger partial charge in [-0.2, -0.15) is 0 Å². The molecule has 2 aromatic heterocycles. The molecule has 1 saturated heterocycles. The average Bonchev–Trinajstić information content (AvgIpc) is 2.81. The number of thiophene rings is 1. The van der Waals surface area contributed by atoms with Gasteiger partial charge in [-0.3, -0.25) is 4.79 Å². The number of amides is 1. The van der Waals surface area contributed by atoms with E-state index in [2.05, 4.69) is 34.0 Å². The molecule has 130 valence electrons. The van der Waals surface area contributed by atoms with E-state index in [0.717, 1.165) is 36.6 Å². The van der Waals surface area contributed by atoms with Crippen LogP contribution in [0.2, 0.25) is 0 Å². The van der Waals surface area contributed by atoms with E-state index in [9.17, 15) is 4.79 Å². The van der Waals surface area contributed by atoms with E-state index in [-0.39, 0.29) is 17.4 Å². The summed E-state index contributed by atoms with van der Waals surface area (Å²) in [6.45, 7) is 12.1. The van der Waals surface area contributed by atoms with Crippen molar-refractivity contribution in [1.29, 1.82) is 0 Å². The quantitative estimate of drug-likeness (QED) is 0.905. The first-order valence-electron chi connectivity index (χ1n) is 8.54. The van der Waals surface area contributed by atoms with Crippen molar-refractivity contribution >= 4 is 33.3 Å². The highest BCUT2D eigenvalue weighted by Gasteiger charge is 2.29. The number of fused-ring (bicyclic) bond motifs is 1. The highest BCUT2D eigenvalue weighted by atomic mass is 32.1. The Kier molecular flexibility index (Phi) is 4.51. The van der Waals surface area contributed by atoms with Crippen molar-refractivity contribution < 1.29 is 4.79 Å². The second-order valence-corrected chi connectivity index (χ2v) is 8.86. The van der Waals surface area contributed by atoms with Crippen molar-refractivity contribution in [1.82, 2.24) is 15.3 Å². The van der Waals surface area contributed by atoms with E-state index in [1.54, 1.807) is 17.7 Å². The van der Waals surface area contributed by atoms with Crippen LogP contribution >= 0.6 is 11.3 Å². The van der Waals surface area contributed by atoms with Crippen LogP contribution in [0.4, 0.5) is 5.82 Å². The van der Waals surface area contributed by atoms with Crippen molar-refractivity contribution in [3.8, 4) is 0 Å². The Balaban J connectivity index is 1.75. The van der Waals surface area contributed by atoms with Crippen molar-refractivity contribution in [3.63, 3.8) is 0 Å². The largest absolute Gasteiger partial charge is 0.356 e. The average molecular weight is 347 g/mol. The molecule has 5 nitrogen and oxygen atoms in total. The van der Waals surface area contributed by atoms with Gasteiger partial charge in [0.25, 0.3) is 0 Å². The molecule has 0 unspecified atom stereocenters.